The second-order valence-electron chi connectivity index (χ2n) is 4.49. The first-order chi connectivity index (χ1) is 7.22. The van der Waals surface area contributed by atoms with E-state index in [2.05, 4.69) is 37.5 Å². The molecule has 0 saturated heterocycles. The van der Waals surface area contributed by atoms with Crippen LogP contribution in [0, 0.1) is 5.92 Å². The van der Waals surface area contributed by atoms with E-state index in [-0.39, 0.29) is 0 Å². The highest BCUT2D eigenvalue weighted by molar-refractivity contribution is 6.30. The molecule has 0 bridgehead atoms. The minimum Gasteiger partial charge on any atom is -0.317 e. The van der Waals surface area contributed by atoms with E-state index in [1.165, 1.54) is 18.4 Å². The molecular weight excluding hydrogens is 206 g/mol. The Bertz CT molecular complexity index is 337. The summed E-state index contributed by atoms with van der Waals surface area (Å²) >= 11 is 6.03. The smallest absolute Gasteiger partial charge is 0.0408 e. The average molecular weight is 224 g/mol. The number of benzene rings is 1. The van der Waals surface area contributed by atoms with Gasteiger partial charge in [0.2, 0.25) is 0 Å². The summed E-state index contributed by atoms with van der Waals surface area (Å²) < 4.78 is 0. The van der Waals surface area contributed by atoms with Gasteiger partial charge in [-0.05, 0) is 49.4 Å². The van der Waals surface area contributed by atoms with Crippen LogP contribution in [0.4, 0.5) is 0 Å². The summed E-state index contributed by atoms with van der Waals surface area (Å²) in [6.07, 6.45) is 2.54. The molecule has 1 fully saturated rings. The molecule has 0 radical (unpaired) electrons. The van der Waals surface area contributed by atoms with Crippen molar-refractivity contribution in [1.82, 2.24) is 5.32 Å². The van der Waals surface area contributed by atoms with Gasteiger partial charge in [-0.2, -0.15) is 0 Å². The molecule has 3 atom stereocenters. The Kier molecular flexibility index (Phi) is 3.32. The van der Waals surface area contributed by atoms with E-state index in [0.29, 0.717) is 17.9 Å². The van der Waals surface area contributed by atoms with Crippen LogP contribution in [-0.2, 0) is 0 Å². The molecule has 1 saturated carbocycles. The van der Waals surface area contributed by atoms with Crippen molar-refractivity contribution in [3.05, 3.63) is 34.9 Å². The Hall–Kier alpha value is -0.530. The van der Waals surface area contributed by atoms with Crippen LogP contribution in [-0.4, -0.2) is 13.1 Å². The number of rotatable bonds is 2. The van der Waals surface area contributed by atoms with Gasteiger partial charge in [0.25, 0.3) is 0 Å². The molecule has 3 unspecified atom stereocenters. The van der Waals surface area contributed by atoms with Crippen LogP contribution in [0.3, 0.4) is 0 Å². The molecule has 1 aliphatic rings. The van der Waals surface area contributed by atoms with E-state index in [1.54, 1.807) is 0 Å². The van der Waals surface area contributed by atoms with Crippen molar-refractivity contribution >= 4 is 11.6 Å². The summed E-state index contributed by atoms with van der Waals surface area (Å²) in [4.78, 5) is 0. The van der Waals surface area contributed by atoms with Gasteiger partial charge in [0.1, 0.15) is 0 Å². The highest BCUT2D eigenvalue weighted by Crippen LogP contribution is 2.39. The molecule has 1 aromatic carbocycles. The third-order valence-corrected chi connectivity index (χ3v) is 3.94. The molecular formula is C13H18ClN. The fourth-order valence-electron chi connectivity index (χ4n) is 2.78. The number of hydrogen-bond acceptors (Lipinski definition) is 1. The fourth-order valence-corrected chi connectivity index (χ4v) is 2.98. The number of hydrogen-bond donors (Lipinski definition) is 1. The van der Waals surface area contributed by atoms with E-state index in [9.17, 15) is 0 Å². The molecule has 0 amide bonds. The summed E-state index contributed by atoms with van der Waals surface area (Å²) in [6.45, 7) is 2.33. The lowest BCUT2D eigenvalue weighted by molar-refractivity contribution is 0.429. The fraction of sp³-hybridized carbons (Fsp3) is 0.538. The Morgan fingerprint density at radius 1 is 1.33 bits per heavy atom. The van der Waals surface area contributed by atoms with Crippen LogP contribution in [0.1, 0.15) is 31.2 Å². The van der Waals surface area contributed by atoms with Crippen LogP contribution in [0.15, 0.2) is 24.3 Å². The highest BCUT2D eigenvalue weighted by atomic mass is 35.5. The minimum absolute atomic E-state index is 0.661. The maximum atomic E-state index is 6.03. The van der Waals surface area contributed by atoms with Gasteiger partial charge in [0, 0.05) is 11.1 Å². The average Bonchev–Trinajstić information content (AvgIpc) is 2.59. The van der Waals surface area contributed by atoms with Crippen LogP contribution in [0.5, 0.6) is 0 Å². The lowest BCUT2D eigenvalue weighted by atomic mass is 9.89. The Balaban J connectivity index is 2.18. The topological polar surface area (TPSA) is 12.0 Å². The molecule has 0 aromatic heterocycles. The summed E-state index contributed by atoms with van der Waals surface area (Å²) in [5.41, 5.74) is 1.40. The molecule has 0 spiro atoms. The molecule has 1 aliphatic carbocycles. The van der Waals surface area contributed by atoms with Crippen molar-refractivity contribution < 1.29 is 0 Å². The highest BCUT2D eigenvalue weighted by Gasteiger charge is 2.32. The standard InChI is InChI=1S/C13H18ClN/c1-9-12(6-7-13(9)15-2)10-4-3-5-11(14)8-10/h3-5,8-9,12-13,15H,6-7H2,1-2H3. The summed E-state index contributed by atoms with van der Waals surface area (Å²) in [5, 5.41) is 4.25. The molecule has 82 valence electrons. The van der Waals surface area contributed by atoms with Gasteiger partial charge in [-0.15, -0.1) is 0 Å². The van der Waals surface area contributed by atoms with Gasteiger partial charge >= 0.3 is 0 Å². The zero-order chi connectivity index (χ0) is 10.8. The maximum absolute atomic E-state index is 6.03. The van der Waals surface area contributed by atoms with Gasteiger partial charge in [0.05, 0.1) is 0 Å². The lowest BCUT2D eigenvalue weighted by Crippen LogP contribution is -2.28. The maximum Gasteiger partial charge on any atom is 0.0408 e. The van der Waals surface area contributed by atoms with Crippen LogP contribution >= 0.6 is 11.6 Å². The molecule has 2 heteroatoms. The minimum atomic E-state index is 0.661. The third kappa shape index (κ3) is 2.19. The van der Waals surface area contributed by atoms with Crippen LogP contribution < -0.4 is 5.32 Å². The first-order valence-corrected chi connectivity index (χ1v) is 6.03. The monoisotopic (exact) mass is 223 g/mol. The molecule has 1 nitrogen and oxygen atoms in total. The molecule has 0 heterocycles. The van der Waals surface area contributed by atoms with Crippen molar-refractivity contribution in [2.45, 2.75) is 31.7 Å². The Morgan fingerprint density at radius 3 is 2.73 bits per heavy atom. The largest absolute Gasteiger partial charge is 0.317 e. The van der Waals surface area contributed by atoms with Crippen LogP contribution in [0.2, 0.25) is 5.02 Å². The van der Waals surface area contributed by atoms with Gasteiger partial charge < -0.3 is 5.32 Å². The van der Waals surface area contributed by atoms with E-state index in [0.717, 1.165) is 5.02 Å². The van der Waals surface area contributed by atoms with E-state index >= 15 is 0 Å². The Morgan fingerprint density at radius 2 is 2.13 bits per heavy atom. The third-order valence-electron chi connectivity index (χ3n) is 3.71. The summed E-state index contributed by atoms with van der Waals surface area (Å²) in [7, 11) is 2.06. The van der Waals surface area contributed by atoms with Crippen molar-refractivity contribution in [1.29, 1.82) is 0 Å². The second kappa shape index (κ2) is 4.54. The zero-order valence-electron chi connectivity index (χ0n) is 9.33. The number of nitrogens with one attached hydrogen (secondary N) is 1. The second-order valence-corrected chi connectivity index (χ2v) is 4.93. The first kappa shape index (κ1) is 11.0. The van der Waals surface area contributed by atoms with E-state index in [4.69, 9.17) is 11.6 Å². The van der Waals surface area contributed by atoms with Crippen molar-refractivity contribution in [3.8, 4) is 0 Å². The molecule has 1 aromatic rings. The van der Waals surface area contributed by atoms with Crippen molar-refractivity contribution in [2.75, 3.05) is 7.05 Å². The normalized spacial score (nSPS) is 30.7. The SMILES string of the molecule is CNC1CCC(c2cccc(Cl)c2)C1C. The summed E-state index contributed by atoms with van der Waals surface area (Å²) in [6, 6.07) is 8.97. The van der Waals surface area contributed by atoms with E-state index in [1.807, 2.05) is 6.07 Å². The van der Waals surface area contributed by atoms with Crippen molar-refractivity contribution in [3.63, 3.8) is 0 Å². The van der Waals surface area contributed by atoms with Gasteiger partial charge in [0.15, 0.2) is 0 Å². The lowest BCUT2D eigenvalue weighted by Gasteiger charge is -2.20. The predicted octanol–water partition coefficient (Wildman–Crippen LogP) is 3.44. The van der Waals surface area contributed by atoms with E-state index < -0.39 is 0 Å². The van der Waals surface area contributed by atoms with Gasteiger partial charge in [-0.25, -0.2) is 0 Å². The molecule has 2 rings (SSSR count). The number of halogens is 1. The van der Waals surface area contributed by atoms with Crippen molar-refractivity contribution in [2.24, 2.45) is 5.92 Å². The predicted molar refractivity (Wildman–Crippen MR) is 65.4 cm³/mol. The first-order valence-electron chi connectivity index (χ1n) is 5.65. The molecule has 1 N–H and O–H groups in total. The van der Waals surface area contributed by atoms with Gasteiger partial charge in [-0.3, -0.25) is 0 Å². The quantitative estimate of drug-likeness (QED) is 0.810. The van der Waals surface area contributed by atoms with Crippen LogP contribution in [0.25, 0.3) is 0 Å². The molecule has 15 heavy (non-hydrogen) atoms. The molecule has 0 aliphatic heterocycles. The van der Waals surface area contributed by atoms with Gasteiger partial charge in [-0.1, -0.05) is 30.7 Å². The summed E-state index contributed by atoms with van der Waals surface area (Å²) in [5.74, 6) is 1.37. The Labute approximate surface area is 96.8 Å². The zero-order valence-corrected chi connectivity index (χ0v) is 10.1.